The smallest absolute Gasteiger partial charge is 0.346 e. The topological polar surface area (TPSA) is 93.4 Å². The molecule has 9 heteroatoms. The van der Waals surface area contributed by atoms with Gasteiger partial charge in [-0.05, 0) is 41.7 Å². The van der Waals surface area contributed by atoms with Crippen LogP contribution in [0.5, 0.6) is 0 Å². The number of H-pyrrole nitrogens is 1. The minimum atomic E-state index is -4.53. The molecule has 0 atom stereocenters. The van der Waals surface area contributed by atoms with Crippen LogP contribution in [0.3, 0.4) is 0 Å². The Bertz CT molecular complexity index is 1270. The standard InChI is InChI=1S/C24H23F3N6/c25-24(26,27)19-8-6-16(10-28)21(33-19)18-7-5-14(11-29-18)9-17-12-30-23-20(17)22(31-13-32-23)15-3-1-2-4-15/h5-8,11-13,15H,1-4,9-10,28H2,(H,30,31,32). The van der Waals surface area contributed by atoms with E-state index in [2.05, 4.69) is 24.9 Å². The number of pyridine rings is 2. The van der Waals surface area contributed by atoms with E-state index < -0.39 is 11.9 Å². The normalized spacial score (nSPS) is 14.9. The second-order valence-corrected chi connectivity index (χ2v) is 8.41. The summed E-state index contributed by atoms with van der Waals surface area (Å²) in [5, 5.41) is 1.07. The number of nitrogens with zero attached hydrogens (tertiary/aromatic N) is 4. The van der Waals surface area contributed by atoms with E-state index in [0.717, 1.165) is 46.8 Å². The molecule has 0 spiro atoms. The summed E-state index contributed by atoms with van der Waals surface area (Å²) in [7, 11) is 0. The Hall–Kier alpha value is -3.33. The predicted octanol–water partition coefficient (Wildman–Crippen LogP) is 5.14. The van der Waals surface area contributed by atoms with Gasteiger partial charge in [0.15, 0.2) is 0 Å². The number of hydrogen-bond acceptors (Lipinski definition) is 5. The summed E-state index contributed by atoms with van der Waals surface area (Å²) < 4.78 is 39.4. The summed E-state index contributed by atoms with van der Waals surface area (Å²) in [6.07, 6.45) is 6.04. The zero-order valence-electron chi connectivity index (χ0n) is 17.9. The maximum atomic E-state index is 13.1. The van der Waals surface area contributed by atoms with Crippen LogP contribution < -0.4 is 5.73 Å². The van der Waals surface area contributed by atoms with E-state index >= 15 is 0 Å². The highest BCUT2D eigenvalue weighted by Crippen LogP contribution is 2.37. The lowest BCUT2D eigenvalue weighted by Gasteiger charge is -2.12. The third-order valence-corrected chi connectivity index (χ3v) is 6.27. The summed E-state index contributed by atoms with van der Waals surface area (Å²) in [5.74, 6) is 0.451. The number of hydrogen-bond donors (Lipinski definition) is 2. The summed E-state index contributed by atoms with van der Waals surface area (Å²) in [4.78, 5) is 20.4. The Balaban J connectivity index is 1.46. The average Bonchev–Trinajstić information content (AvgIpc) is 3.49. The molecule has 0 aromatic carbocycles. The molecule has 0 bridgehead atoms. The molecule has 0 amide bonds. The monoisotopic (exact) mass is 452 g/mol. The second kappa shape index (κ2) is 8.55. The van der Waals surface area contributed by atoms with Crippen LogP contribution in [0.2, 0.25) is 0 Å². The molecule has 4 aromatic rings. The molecule has 33 heavy (non-hydrogen) atoms. The van der Waals surface area contributed by atoms with Gasteiger partial charge in [-0.2, -0.15) is 13.2 Å². The molecule has 1 aliphatic carbocycles. The van der Waals surface area contributed by atoms with Gasteiger partial charge in [0.1, 0.15) is 17.7 Å². The van der Waals surface area contributed by atoms with Crippen LogP contribution >= 0.6 is 0 Å². The van der Waals surface area contributed by atoms with Crippen molar-refractivity contribution in [3.05, 3.63) is 71.1 Å². The molecule has 3 N–H and O–H groups in total. The third kappa shape index (κ3) is 4.20. The highest BCUT2D eigenvalue weighted by Gasteiger charge is 2.33. The Morgan fingerprint density at radius 2 is 1.82 bits per heavy atom. The van der Waals surface area contributed by atoms with Gasteiger partial charge in [-0.3, -0.25) is 4.98 Å². The molecular formula is C24H23F3N6. The summed E-state index contributed by atoms with van der Waals surface area (Å²) >= 11 is 0. The van der Waals surface area contributed by atoms with Gasteiger partial charge in [0.2, 0.25) is 0 Å². The Morgan fingerprint density at radius 1 is 1.00 bits per heavy atom. The van der Waals surface area contributed by atoms with Crippen LogP contribution in [0.1, 0.15) is 59.7 Å². The van der Waals surface area contributed by atoms with Crippen molar-refractivity contribution in [1.82, 2.24) is 24.9 Å². The molecule has 170 valence electrons. The number of halogens is 3. The summed E-state index contributed by atoms with van der Waals surface area (Å²) in [5.41, 5.74) is 9.73. The van der Waals surface area contributed by atoms with E-state index in [1.165, 1.54) is 18.9 Å². The van der Waals surface area contributed by atoms with Crippen molar-refractivity contribution in [3.63, 3.8) is 0 Å². The van der Waals surface area contributed by atoms with Gasteiger partial charge in [0.05, 0.1) is 17.1 Å². The van der Waals surface area contributed by atoms with Crippen LogP contribution in [-0.4, -0.2) is 24.9 Å². The quantitative estimate of drug-likeness (QED) is 0.437. The van der Waals surface area contributed by atoms with Gasteiger partial charge in [0.25, 0.3) is 0 Å². The fourth-order valence-electron chi connectivity index (χ4n) is 4.62. The van der Waals surface area contributed by atoms with Gasteiger partial charge < -0.3 is 10.7 Å². The van der Waals surface area contributed by atoms with Crippen molar-refractivity contribution >= 4 is 11.0 Å². The number of aromatic nitrogens is 5. The molecule has 0 unspecified atom stereocenters. The van der Waals surface area contributed by atoms with Crippen molar-refractivity contribution in [3.8, 4) is 11.4 Å². The zero-order chi connectivity index (χ0) is 23.0. The molecule has 1 saturated carbocycles. The second-order valence-electron chi connectivity index (χ2n) is 8.41. The summed E-state index contributed by atoms with van der Waals surface area (Å²) in [6.45, 7) is 0.0726. The molecule has 1 fully saturated rings. The largest absolute Gasteiger partial charge is 0.433 e. The van der Waals surface area contributed by atoms with E-state index in [1.54, 1.807) is 18.6 Å². The molecule has 4 aromatic heterocycles. The number of fused-ring (bicyclic) bond motifs is 1. The van der Waals surface area contributed by atoms with Gasteiger partial charge in [-0.1, -0.05) is 25.0 Å². The number of alkyl halides is 3. The van der Waals surface area contributed by atoms with Gasteiger partial charge in [0, 0.05) is 36.7 Å². The van der Waals surface area contributed by atoms with E-state index in [-0.39, 0.29) is 12.2 Å². The minimum Gasteiger partial charge on any atom is -0.346 e. The fourth-order valence-corrected chi connectivity index (χ4v) is 4.62. The van der Waals surface area contributed by atoms with Crippen molar-refractivity contribution in [2.75, 3.05) is 0 Å². The van der Waals surface area contributed by atoms with Crippen molar-refractivity contribution in [2.24, 2.45) is 5.73 Å². The van der Waals surface area contributed by atoms with Crippen LogP contribution in [0.15, 0.2) is 43.0 Å². The predicted molar refractivity (Wildman–Crippen MR) is 118 cm³/mol. The van der Waals surface area contributed by atoms with Crippen LogP contribution in [0.4, 0.5) is 13.2 Å². The average molecular weight is 452 g/mol. The highest BCUT2D eigenvalue weighted by molar-refractivity contribution is 5.83. The van der Waals surface area contributed by atoms with Crippen LogP contribution in [0.25, 0.3) is 22.4 Å². The molecule has 1 aliphatic rings. The Kier molecular flexibility index (Phi) is 5.57. The molecule has 0 saturated heterocycles. The van der Waals surface area contributed by atoms with Crippen LogP contribution in [-0.2, 0) is 19.1 Å². The van der Waals surface area contributed by atoms with Crippen molar-refractivity contribution < 1.29 is 13.2 Å². The maximum absolute atomic E-state index is 13.1. The van der Waals surface area contributed by atoms with E-state index in [9.17, 15) is 13.2 Å². The molecule has 0 radical (unpaired) electrons. The first-order chi connectivity index (χ1) is 15.9. The van der Waals surface area contributed by atoms with E-state index in [0.29, 0.717) is 23.6 Å². The number of rotatable bonds is 5. The number of aromatic amines is 1. The summed E-state index contributed by atoms with van der Waals surface area (Å²) in [6, 6.07) is 5.86. The molecule has 4 heterocycles. The molecular weight excluding hydrogens is 429 g/mol. The van der Waals surface area contributed by atoms with Crippen molar-refractivity contribution in [1.29, 1.82) is 0 Å². The van der Waals surface area contributed by atoms with Gasteiger partial charge >= 0.3 is 6.18 Å². The fraction of sp³-hybridized carbons (Fsp3) is 0.333. The Morgan fingerprint density at radius 3 is 2.52 bits per heavy atom. The lowest BCUT2D eigenvalue weighted by atomic mass is 9.97. The van der Waals surface area contributed by atoms with Gasteiger partial charge in [-0.15, -0.1) is 0 Å². The van der Waals surface area contributed by atoms with Gasteiger partial charge in [-0.25, -0.2) is 15.0 Å². The third-order valence-electron chi connectivity index (χ3n) is 6.27. The zero-order valence-corrected chi connectivity index (χ0v) is 17.9. The van der Waals surface area contributed by atoms with E-state index in [1.807, 2.05) is 12.3 Å². The molecule has 5 rings (SSSR count). The lowest BCUT2D eigenvalue weighted by molar-refractivity contribution is -0.141. The maximum Gasteiger partial charge on any atom is 0.433 e. The van der Waals surface area contributed by atoms with Crippen molar-refractivity contribution in [2.45, 2.75) is 50.7 Å². The van der Waals surface area contributed by atoms with Crippen LogP contribution in [0, 0.1) is 0 Å². The molecule has 0 aliphatic heterocycles. The molecule has 6 nitrogen and oxygen atoms in total. The number of nitrogens with one attached hydrogen (secondary N) is 1. The highest BCUT2D eigenvalue weighted by atomic mass is 19.4. The van der Waals surface area contributed by atoms with E-state index in [4.69, 9.17) is 5.73 Å². The Labute approximate surface area is 188 Å². The minimum absolute atomic E-state index is 0.0726. The first-order valence-electron chi connectivity index (χ1n) is 11.0. The first kappa shape index (κ1) is 21.5. The number of nitrogens with two attached hydrogens (primary N) is 1. The SMILES string of the molecule is NCc1ccc(C(F)(F)F)nc1-c1ccc(Cc2c[nH]c3ncnc(C4CCCC4)c23)cn1. The first-order valence-corrected chi connectivity index (χ1v) is 11.0. The lowest BCUT2D eigenvalue weighted by Crippen LogP contribution is -2.11.